The van der Waals surface area contributed by atoms with Gasteiger partial charge in [0.15, 0.2) is 0 Å². The Hall–Kier alpha value is -3.55. The largest absolute Gasteiger partial charge is 0.478 e. The summed E-state index contributed by atoms with van der Waals surface area (Å²) < 4.78 is 62.7. The van der Waals surface area contributed by atoms with Gasteiger partial charge >= 0.3 is 12.1 Å². The fourth-order valence-corrected chi connectivity index (χ4v) is 4.71. The van der Waals surface area contributed by atoms with Gasteiger partial charge in [-0.1, -0.05) is 17.3 Å². The number of rotatable bonds is 5. The summed E-state index contributed by atoms with van der Waals surface area (Å²) in [5.41, 5.74) is 0.503. The van der Waals surface area contributed by atoms with Crippen molar-refractivity contribution in [2.24, 2.45) is 5.14 Å². The van der Waals surface area contributed by atoms with Gasteiger partial charge in [0.1, 0.15) is 9.90 Å². The molecule has 0 fully saturated rings. The highest BCUT2D eigenvalue weighted by molar-refractivity contribution is 7.91. The fourth-order valence-electron chi connectivity index (χ4n) is 2.99. The molecule has 0 amide bonds. The fraction of sp³-hybridized carbons (Fsp3) is 0.0500. The zero-order valence-corrected chi connectivity index (χ0v) is 17.9. The number of hydrogen-bond acceptors (Lipinski definition) is 6. The van der Waals surface area contributed by atoms with Gasteiger partial charge < -0.3 is 5.11 Å². The van der Waals surface area contributed by atoms with Crippen LogP contribution in [0.3, 0.4) is 0 Å². The van der Waals surface area contributed by atoms with Gasteiger partial charge in [0.25, 0.3) is 0 Å². The minimum Gasteiger partial charge on any atom is -0.478 e. The van der Waals surface area contributed by atoms with Crippen molar-refractivity contribution < 1.29 is 31.5 Å². The third-order valence-corrected chi connectivity index (χ3v) is 7.15. The highest BCUT2D eigenvalue weighted by Gasteiger charge is 2.30. The second-order valence-corrected chi connectivity index (χ2v) is 9.73. The minimum absolute atomic E-state index is 0.0786. The number of benzene rings is 2. The maximum Gasteiger partial charge on any atom is 0.416 e. The van der Waals surface area contributed by atoms with Crippen LogP contribution in [0.2, 0.25) is 0 Å². The number of sulfonamides is 1. The number of nitrogens with zero attached hydrogens (tertiary/aromatic N) is 3. The number of primary sulfonamides is 1. The predicted molar refractivity (Wildman–Crippen MR) is 113 cm³/mol. The lowest BCUT2D eigenvalue weighted by Gasteiger charge is -2.07. The van der Waals surface area contributed by atoms with Crippen molar-refractivity contribution in [2.75, 3.05) is 0 Å². The summed E-state index contributed by atoms with van der Waals surface area (Å²) in [6.45, 7) is 0. The SMILES string of the molecule is NS(=O)(=O)c1ccc(-c2cc(C(=O)O)cc(-n3cc(-c4ccc(C(F)(F)F)cc4)nn3)c2)s1. The Kier molecular flexibility index (Phi) is 5.56. The molecule has 0 atom stereocenters. The Labute approximate surface area is 188 Å². The molecule has 4 aromatic rings. The smallest absolute Gasteiger partial charge is 0.416 e. The molecule has 0 spiro atoms. The molecular weight excluding hydrogens is 481 g/mol. The normalized spacial score (nSPS) is 12.1. The first-order chi connectivity index (χ1) is 15.4. The van der Waals surface area contributed by atoms with E-state index in [2.05, 4.69) is 10.3 Å². The average Bonchev–Trinajstić information content (AvgIpc) is 3.43. The quantitative estimate of drug-likeness (QED) is 0.431. The number of aromatic nitrogens is 3. The number of thiophene rings is 1. The molecule has 0 radical (unpaired) electrons. The highest BCUT2D eigenvalue weighted by atomic mass is 32.2. The number of carbonyl (C=O) groups is 1. The van der Waals surface area contributed by atoms with Crippen LogP contribution < -0.4 is 5.14 Å². The monoisotopic (exact) mass is 494 g/mol. The summed E-state index contributed by atoms with van der Waals surface area (Å²) in [4.78, 5) is 12.1. The third kappa shape index (κ3) is 4.79. The van der Waals surface area contributed by atoms with Crippen LogP contribution in [-0.4, -0.2) is 34.5 Å². The van der Waals surface area contributed by atoms with E-state index in [1.807, 2.05) is 0 Å². The summed E-state index contributed by atoms with van der Waals surface area (Å²) in [6, 6.07) is 11.5. The van der Waals surface area contributed by atoms with Gasteiger partial charge in [-0.15, -0.1) is 16.4 Å². The second-order valence-electron chi connectivity index (χ2n) is 6.86. The first-order valence-electron chi connectivity index (χ1n) is 9.03. The number of aromatic carboxylic acids is 1. The number of alkyl halides is 3. The highest BCUT2D eigenvalue weighted by Crippen LogP contribution is 2.33. The Morgan fingerprint density at radius 2 is 1.73 bits per heavy atom. The Morgan fingerprint density at radius 1 is 1.03 bits per heavy atom. The topological polar surface area (TPSA) is 128 Å². The van der Waals surface area contributed by atoms with Crippen molar-refractivity contribution in [3.05, 3.63) is 71.9 Å². The van der Waals surface area contributed by atoms with E-state index >= 15 is 0 Å². The van der Waals surface area contributed by atoms with Crippen LogP contribution in [-0.2, 0) is 16.2 Å². The molecule has 0 saturated carbocycles. The molecule has 2 aromatic carbocycles. The molecule has 3 N–H and O–H groups in total. The van der Waals surface area contributed by atoms with Crippen molar-refractivity contribution in [3.63, 3.8) is 0 Å². The summed E-state index contributed by atoms with van der Waals surface area (Å²) in [6.07, 6.45) is -3.02. The van der Waals surface area contributed by atoms with Crippen molar-refractivity contribution in [1.82, 2.24) is 15.0 Å². The van der Waals surface area contributed by atoms with Crippen LogP contribution >= 0.6 is 11.3 Å². The first-order valence-corrected chi connectivity index (χ1v) is 11.4. The molecule has 0 aliphatic rings. The number of halogens is 3. The lowest BCUT2D eigenvalue weighted by atomic mass is 10.1. The van der Waals surface area contributed by atoms with Crippen LogP contribution in [0.25, 0.3) is 27.4 Å². The van der Waals surface area contributed by atoms with Crippen LogP contribution in [0, 0.1) is 0 Å². The van der Waals surface area contributed by atoms with Crippen molar-refractivity contribution >= 4 is 27.3 Å². The van der Waals surface area contributed by atoms with Crippen molar-refractivity contribution in [1.29, 1.82) is 0 Å². The molecular formula is C20H13F3N4O4S2. The molecule has 0 bridgehead atoms. The molecule has 4 rings (SSSR count). The van der Waals surface area contributed by atoms with E-state index in [9.17, 15) is 31.5 Å². The van der Waals surface area contributed by atoms with Gasteiger partial charge in [-0.3, -0.25) is 0 Å². The summed E-state index contributed by atoms with van der Waals surface area (Å²) in [5, 5.41) is 22.5. The van der Waals surface area contributed by atoms with Crippen LogP contribution in [0.15, 0.2) is 65.0 Å². The lowest BCUT2D eigenvalue weighted by molar-refractivity contribution is -0.137. The summed E-state index contributed by atoms with van der Waals surface area (Å²) in [5.74, 6) is -1.22. The summed E-state index contributed by atoms with van der Waals surface area (Å²) in [7, 11) is -3.91. The number of hydrogen-bond donors (Lipinski definition) is 2. The molecule has 0 saturated heterocycles. The van der Waals surface area contributed by atoms with Gasteiger partial charge in [-0.25, -0.2) is 23.0 Å². The molecule has 0 unspecified atom stereocenters. The van der Waals surface area contributed by atoms with Crippen molar-refractivity contribution in [2.45, 2.75) is 10.4 Å². The minimum atomic E-state index is -4.46. The zero-order chi connectivity index (χ0) is 24.0. The average molecular weight is 494 g/mol. The molecule has 13 heteroatoms. The van der Waals surface area contributed by atoms with E-state index in [0.717, 1.165) is 23.5 Å². The number of carboxylic acid groups (broad SMARTS) is 1. The Morgan fingerprint density at radius 3 is 2.30 bits per heavy atom. The van der Waals surface area contributed by atoms with E-state index in [4.69, 9.17) is 5.14 Å². The van der Waals surface area contributed by atoms with E-state index in [-0.39, 0.29) is 15.5 Å². The molecule has 8 nitrogen and oxygen atoms in total. The Bertz CT molecular complexity index is 1460. The predicted octanol–water partition coefficient (Wildman–Crippen LogP) is 4.03. The standard InChI is InChI=1S/C20H13F3N4O4S2/c21-20(22,23)14-3-1-11(2-4-14)16-10-27(26-25-16)15-8-12(7-13(9-15)19(28)29)17-5-6-18(32-17)33(24,30)31/h1-10H,(H,28,29)(H2,24,30,31). The van der Waals surface area contributed by atoms with E-state index in [1.54, 1.807) is 6.07 Å². The first kappa shape index (κ1) is 22.6. The number of nitrogens with two attached hydrogens (primary N) is 1. The summed E-state index contributed by atoms with van der Waals surface area (Å²) >= 11 is 0.879. The van der Waals surface area contributed by atoms with Crippen LogP contribution in [0.1, 0.15) is 15.9 Å². The van der Waals surface area contributed by atoms with Gasteiger partial charge in [0, 0.05) is 10.4 Å². The second kappa shape index (κ2) is 8.10. The molecule has 33 heavy (non-hydrogen) atoms. The van der Waals surface area contributed by atoms with Crippen LogP contribution in [0.4, 0.5) is 13.2 Å². The van der Waals surface area contributed by atoms with Crippen LogP contribution in [0.5, 0.6) is 0 Å². The maximum absolute atomic E-state index is 12.8. The molecule has 0 aliphatic heterocycles. The molecule has 2 aromatic heterocycles. The third-order valence-electron chi connectivity index (χ3n) is 4.58. The van der Waals surface area contributed by atoms with Gasteiger partial charge in [-0.05, 0) is 48.0 Å². The van der Waals surface area contributed by atoms with Gasteiger partial charge in [-0.2, -0.15) is 13.2 Å². The number of carboxylic acids is 1. The zero-order valence-electron chi connectivity index (χ0n) is 16.3. The van der Waals surface area contributed by atoms with Gasteiger partial charge in [0.05, 0.1) is 23.0 Å². The lowest BCUT2D eigenvalue weighted by Crippen LogP contribution is -2.09. The van der Waals surface area contributed by atoms with E-state index in [0.29, 0.717) is 21.7 Å². The Balaban J connectivity index is 1.73. The van der Waals surface area contributed by atoms with E-state index in [1.165, 1.54) is 47.3 Å². The molecule has 2 heterocycles. The van der Waals surface area contributed by atoms with Crippen molar-refractivity contribution in [3.8, 4) is 27.4 Å². The maximum atomic E-state index is 12.8. The molecule has 170 valence electrons. The van der Waals surface area contributed by atoms with E-state index < -0.39 is 27.7 Å². The van der Waals surface area contributed by atoms with Gasteiger partial charge in [0.2, 0.25) is 10.0 Å². The molecule has 0 aliphatic carbocycles.